The van der Waals surface area contributed by atoms with Crippen LogP contribution in [-0.2, 0) is 0 Å². The van der Waals surface area contributed by atoms with Gasteiger partial charge in [-0.05, 0) is 37.1 Å². The van der Waals surface area contributed by atoms with E-state index in [2.05, 4.69) is 23.3 Å². The van der Waals surface area contributed by atoms with Crippen molar-refractivity contribution in [2.24, 2.45) is 5.92 Å². The molecular weight excluding hydrogens is 144 g/mol. The number of hydrogen-bond acceptors (Lipinski definition) is 0. The zero-order chi connectivity index (χ0) is 8.65. The van der Waals surface area contributed by atoms with Gasteiger partial charge in [0, 0.05) is 0 Å². The summed E-state index contributed by atoms with van der Waals surface area (Å²) in [6, 6.07) is 0. The molecule has 1 rings (SSSR count). The molecule has 0 atom stereocenters. The average Bonchev–Trinajstić information content (AvgIpc) is 2.57. The third kappa shape index (κ3) is 3.46. The molecule has 0 aromatic rings. The minimum absolute atomic E-state index is 0.921. The maximum Gasteiger partial charge on any atom is -0.0197 e. The van der Waals surface area contributed by atoms with Crippen molar-refractivity contribution in [3.05, 3.63) is 29.3 Å². The molecule has 64 valence electrons. The number of rotatable bonds is 2. The zero-order valence-electron chi connectivity index (χ0n) is 7.77. The molecule has 0 aromatic carbocycles. The maximum atomic E-state index is 3.00. The summed E-state index contributed by atoms with van der Waals surface area (Å²) in [5.41, 5.74) is 8.70. The summed E-state index contributed by atoms with van der Waals surface area (Å²) in [7, 11) is 0. The lowest BCUT2D eigenvalue weighted by atomic mass is 10.0. The molecule has 1 aliphatic rings. The normalized spacial score (nSPS) is 16.1. The first-order chi connectivity index (χ1) is 5.93. The predicted molar refractivity (Wildman–Crippen MR) is 51.9 cm³/mol. The summed E-state index contributed by atoms with van der Waals surface area (Å²) >= 11 is 0. The molecule has 0 aliphatic heterocycles. The van der Waals surface area contributed by atoms with Crippen molar-refractivity contribution in [2.75, 3.05) is 0 Å². The van der Waals surface area contributed by atoms with Crippen LogP contribution in [0.4, 0.5) is 0 Å². The Morgan fingerprint density at radius 3 is 2.67 bits per heavy atom. The molecule has 12 heavy (non-hydrogen) atoms. The van der Waals surface area contributed by atoms with Gasteiger partial charge in [0.1, 0.15) is 0 Å². The van der Waals surface area contributed by atoms with E-state index >= 15 is 0 Å². The monoisotopic (exact) mass is 160 g/mol. The van der Waals surface area contributed by atoms with Crippen LogP contribution < -0.4 is 0 Å². The van der Waals surface area contributed by atoms with Crippen LogP contribution in [0, 0.1) is 5.92 Å². The lowest BCUT2D eigenvalue weighted by Crippen LogP contribution is -1.87. The smallest absolute Gasteiger partial charge is 0.0197 e. The Labute approximate surface area is 75.0 Å². The molecule has 0 aromatic heterocycles. The molecule has 0 unspecified atom stereocenters. The molecule has 1 fully saturated rings. The molecule has 0 amide bonds. The van der Waals surface area contributed by atoms with Gasteiger partial charge in [-0.3, -0.25) is 0 Å². The topological polar surface area (TPSA) is 0 Å². The summed E-state index contributed by atoms with van der Waals surface area (Å²) in [5, 5.41) is 0. The summed E-state index contributed by atoms with van der Waals surface area (Å²) < 4.78 is 0. The van der Waals surface area contributed by atoms with Gasteiger partial charge in [-0.2, -0.15) is 0 Å². The Morgan fingerprint density at radius 1 is 1.25 bits per heavy atom. The van der Waals surface area contributed by atoms with Crippen LogP contribution in [0.25, 0.3) is 0 Å². The van der Waals surface area contributed by atoms with Crippen molar-refractivity contribution in [3.8, 4) is 0 Å². The molecule has 0 radical (unpaired) electrons. The van der Waals surface area contributed by atoms with Crippen LogP contribution in [-0.4, -0.2) is 0 Å². The molecule has 1 aliphatic carbocycles. The summed E-state index contributed by atoms with van der Waals surface area (Å²) in [6.07, 6.45) is 10.8. The molecule has 0 N–H and O–H groups in total. The lowest BCUT2D eigenvalue weighted by molar-refractivity contribution is 0.558. The Morgan fingerprint density at radius 2 is 2.00 bits per heavy atom. The van der Waals surface area contributed by atoms with E-state index in [1.807, 2.05) is 13.0 Å². The first kappa shape index (κ1) is 9.17. The molecule has 0 spiro atoms. The van der Waals surface area contributed by atoms with Crippen molar-refractivity contribution in [1.82, 2.24) is 0 Å². The van der Waals surface area contributed by atoms with E-state index in [-0.39, 0.29) is 0 Å². The van der Waals surface area contributed by atoms with E-state index in [0.717, 1.165) is 5.92 Å². The van der Waals surface area contributed by atoms with E-state index in [1.54, 1.807) is 0 Å². The Bertz CT molecular complexity index is 235. The summed E-state index contributed by atoms with van der Waals surface area (Å²) in [4.78, 5) is 0. The van der Waals surface area contributed by atoms with Gasteiger partial charge in [0.15, 0.2) is 0 Å². The third-order valence-corrected chi connectivity index (χ3v) is 2.32. The van der Waals surface area contributed by atoms with E-state index < -0.39 is 0 Å². The van der Waals surface area contributed by atoms with Crippen molar-refractivity contribution < 1.29 is 0 Å². The van der Waals surface area contributed by atoms with Crippen LogP contribution in [0.3, 0.4) is 0 Å². The SMILES string of the molecule is CC=C=C=C=CCC1CCCC1. The van der Waals surface area contributed by atoms with Gasteiger partial charge in [-0.1, -0.05) is 37.1 Å². The summed E-state index contributed by atoms with van der Waals surface area (Å²) in [6.45, 7) is 1.94. The zero-order valence-corrected chi connectivity index (χ0v) is 7.77. The largest absolute Gasteiger partial charge is 0.0661 e. The van der Waals surface area contributed by atoms with Crippen LogP contribution in [0.15, 0.2) is 29.3 Å². The fourth-order valence-electron chi connectivity index (χ4n) is 1.64. The Kier molecular flexibility index (Phi) is 4.35. The Hall–Kier alpha value is -0.920. The van der Waals surface area contributed by atoms with Crippen molar-refractivity contribution in [2.45, 2.75) is 39.0 Å². The Balaban J connectivity index is 2.33. The van der Waals surface area contributed by atoms with Gasteiger partial charge in [-0.15, -0.1) is 0 Å². The fraction of sp³-hybridized carbons (Fsp3) is 0.583. The minimum atomic E-state index is 0.921. The van der Waals surface area contributed by atoms with Crippen molar-refractivity contribution in [3.63, 3.8) is 0 Å². The second-order valence-electron chi connectivity index (χ2n) is 3.29. The molecule has 0 bridgehead atoms. The van der Waals surface area contributed by atoms with E-state index in [0.29, 0.717) is 0 Å². The van der Waals surface area contributed by atoms with Gasteiger partial charge in [0.25, 0.3) is 0 Å². The molecule has 0 heteroatoms. The standard InChI is InChI=1S/C12H16/c1-2-3-4-5-6-9-12-10-7-8-11-12/h2,6,12H,7-11H2,1H3. The third-order valence-electron chi connectivity index (χ3n) is 2.32. The second kappa shape index (κ2) is 5.70. The molecule has 0 nitrogen and oxygen atoms in total. The van der Waals surface area contributed by atoms with Crippen LogP contribution in [0.2, 0.25) is 0 Å². The van der Waals surface area contributed by atoms with Crippen molar-refractivity contribution >= 4 is 0 Å². The summed E-state index contributed by atoms with van der Waals surface area (Å²) in [5.74, 6) is 0.921. The molecule has 0 heterocycles. The van der Waals surface area contributed by atoms with Crippen LogP contribution in [0.5, 0.6) is 0 Å². The van der Waals surface area contributed by atoms with E-state index in [1.165, 1.54) is 32.1 Å². The minimum Gasteiger partial charge on any atom is -0.0661 e. The number of hydrogen-bond donors (Lipinski definition) is 0. The second-order valence-corrected chi connectivity index (χ2v) is 3.29. The molecule has 0 saturated heterocycles. The maximum absolute atomic E-state index is 3.00. The highest BCUT2D eigenvalue weighted by Gasteiger charge is 2.12. The van der Waals surface area contributed by atoms with Gasteiger partial charge >= 0.3 is 0 Å². The number of allylic oxidation sites excluding steroid dienone is 2. The lowest BCUT2D eigenvalue weighted by Gasteiger charge is -2.00. The quantitative estimate of drug-likeness (QED) is 0.541. The van der Waals surface area contributed by atoms with E-state index in [4.69, 9.17) is 0 Å². The fourth-order valence-corrected chi connectivity index (χ4v) is 1.64. The first-order valence-corrected chi connectivity index (χ1v) is 4.79. The average molecular weight is 160 g/mol. The van der Waals surface area contributed by atoms with Crippen molar-refractivity contribution in [1.29, 1.82) is 0 Å². The van der Waals surface area contributed by atoms with Gasteiger partial charge in [0.2, 0.25) is 0 Å². The van der Waals surface area contributed by atoms with Gasteiger partial charge in [-0.25, -0.2) is 0 Å². The van der Waals surface area contributed by atoms with Gasteiger partial charge < -0.3 is 0 Å². The molecular formula is C12H16. The van der Waals surface area contributed by atoms with Crippen LogP contribution >= 0.6 is 0 Å². The highest BCUT2D eigenvalue weighted by atomic mass is 14.2. The van der Waals surface area contributed by atoms with Crippen LogP contribution in [0.1, 0.15) is 39.0 Å². The predicted octanol–water partition coefficient (Wildman–Crippen LogP) is 3.61. The first-order valence-electron chi connectivity index (χ1n) is 4.79. The highest BCUT2D eigenvalue weighted by molar-refractivity contribution is 4.88. The molecule has 1 saturated carbocycles. The van der Waals surface area contributed by atoms with E-state index in [9.17, 15) is 0 Å². The van der Waals surface area contributed by atoms with Gasteiger partial charge in [0.05, 0.1) is 0 Å². The highest BCUT2D eigenvalue weighted by Crippen LogP contribution is 2.27.